The van der Waals surface area contributed by atoms with Crippen LogP contribution in [-0.4, -0.2) is 21.9 Å². The molecule has 0 saturated carbocycles. The molecule has 8 heteroatoms. The number of anilines is 1. The molecular formula is C21H22BrN3O3S. The monoisotopic (exact) mass is 475 g/mol. The number of rotatable bonds is 8. The number of halogens is 1. The van der Waals surface area contributed by atoms with Crippen LogP contribution in [0.1, 0.15) is 29.5 Å². The second-order valence-electron chi connectivity index (χ2n) is 6.43. The first-order valence-corrected chi connectivity index (χ1v) is 11.0. The molecule has 3 rings (SSSR count). The first-order valence-electron chi connectivity index (χ1n) is 9.18. The average molecular weight is 476 g/mol. The van der Waals surface area contributed by atoms with Crippen LogP contribution in [0.3, 0.4) is 0 Å². The molecule has 0 aliphatic carbocycles. The van der Waals surface area contributed by atoms with Gasteiger partial charge in [-0.1, -0.05) is 46.7 Å². The molecule has 0 bridgehead atoms. The lowest BCUT2D eigenvalue weighted by molar-refractivity contribution is -0.113. The van der Waals surface area contributed by atoms with Gasteiger partial charge in [0.05, 0.1) is 5.75 Å². The molecule has 0 aliphatic rings. The maximum atomic E-state index is 12.2. The second-order valence-corrected chi connectivity index (χ2v) is 8.21. The smallest absolute Gasteiger partial charge is 0.277 e. The lowest BCUT2D eigenvalue weighted by atomic mass is 10.1. The number of ether oxygens (including phenoxy) is 1. The normalized spacial score (nSPS) is 10.8. The molecule has 3 aromatic rings. The quantitative estimate of drug-likeness (QED) is 0.444. The van der Waals surface area contributed by atoms with Gasteiger partial charge in [-0.05, 0) is 61.2 Å². The molecular weight excluding hydrogens is 454 g/mol. The van der Waals surface area contributed by atoms with Gasteiger partial charge >= 0.3 is 0 Å². The Morgan fingerprint density at radius 2 is 1.90 bits per heavy atom. The van der Waals surface area contributed by atoms with Gasteiger partial charge in [0.25, 0.3) is 11.1 Å². The van der Waals surface area contributed by atoms with Gasteiger partial charge in [-0.25, -0.2) is 0 Å². The Labute approximate surface area is 182 Å². The number of thioether (sulfide) groups is 1. The largest absolute Gasteiger partial charge is 0.484 e. The molecule has 0 unspecified atom stereocenters. The van der Waals surface area contributed by atoms with Crippen molar-refractivity contribution in [3.8, 4) is 5.75 Å². The standard InChI is InChI=1S/C21H22BrN3O3S/c1-4-15-5-7-16(8-6-15)27-11-20-24-25-21(28-20)29-12-19(26)23-18-10-9-17(22)13(2)14(18)3/h5-10H,4,11-12H2,1-3H3,(H,23,26). The van der Waals surface area contributed by atoms with E-state index in [0.29, 0.717) is 11.1 Å². The molecule has 1 amide bonds. The zero-order valence-electron chi connectivity index (χ0n) is 16.5. The van der Waals surface area contributed by atoms with Gasteiger partial charge in [0.2, 0.25) is 5.91 Å². The minimum absolute atomic E-state index is 0.133. The minimum Gasteiger partial charge on any atom is -0.484 e. The molecule has 0 saturated heterocycles. The number of aromatic nitrogens is 2. The van der Waals surface area contributed by atoms with Gasteiger partial charge in [-0.2, -0.15) is 0 Å². The van der Waals surface area contributed by atoms with Gasteiger partial charge < -0.3 is 14.5 Å². The van der Waals surface area contributed by atoms with Gasteiger partial charge in [0.15, 0.2) is 6.61 Å². The Morgan fingerprint density at radius 3 is 2.62 bits per heavy atom. The molecule has 0 aliphatic heterocycles. The number of aryl methyl sites for hydroxylation is 1. The maximum Gasteiger partial charge on any atom is 0.277 e. The molecule has 1 heterocycles. The summed E-state index contributed by atoms with van der Waals surface area (Å²) < 4.78 is 12.2. The van der Waals surface area contributed by atoms with Crippen molar-refractivity contribution in [2.45, 2.75) is 39.0 Å². The number of hydrogen-bond acceptors (Lipinski definition) is 6. The van der Waals surface area contributed by atoms with E-state index in [1.54, 1.807) is 0 Å². The van der Waals surface area contributed by atoms with Gasteiger partial charge in [0.1, 0.15) is 5.75 Å². The van der Waals surface area contributed by atoms with Crippen LogP contribution in [0, 0.1) is 13.8 Å². The molecule has 0 atom stereocenters. The lowest BCUT2D eigenvalue weighted by Crippen LogP contribution is -2.15. The topological polar surface area (TPSA) is 77.2 Å². The molecule has 6 nitrogen and oxygen atoms in total. The minimum atomic E-state index is -0.133. The summed E-state index contributed by atoms with van der Waals surface area (Å²) in [6, 6.07) is 11.7. The van der Waals surface area contributed by atoms with Crippen molar-refractivity contribution < 1.29 is 13.9 Å². The fourth-order valence-corrected chi connectivity index (χ4v) is 3.57. The van der Waals surface area contributed by atoms with Crippen LogP contribution in [0.5, 0.6) is 5.75 Å². The van der Waals surface area contributed by atoms with Crippen molar-refractivity contribution in [1.29, 1.82) is 0 Å². The van der Waals surface area contributed by atoms with E-state index in [9.17, 15) is 4.79 Å². The number of benzene rings is 2. The number of nitrogens with one attached hydrogen (secondary N) is 1. The third kappa shape index (κ3) is 5.83. The fourth-order valence-electron chi connectivity index (χ4n) is 2.56. The fraction of sp³-hybridized carbons (Fsp3) is 0.286. The van der Waals surface area contributed by atoms with Crippen LogP contribution in [0.2, 0.25) is 0 Å². The van der Waals surface area contributed by atoms with Gasteiger partial charge in [-0.3, -0.25) is 4.79 Å². The third-order valence-electron chi connectivity index (χ3n) is 4.46. The predicted octanol–water partition coefficient (Wildman–Crippen LogP) is 5.32. The van der Waals surface area contributed by atoms with E-state index >= 15 is 0 Å². The van der Waals surface area contributed by atoms with Gasteiger partial charge in [-0.15, -0.1) is 10.2 Å². The van der Waals surface area contributed by atoms with Crippen molar-refractivity contribution in [2.75, 3.05) is 11.1 Å². The number of amides is 1. The highest BCUT2D eigenvalue weighted by atomic mass is 79.9. The summed E-state index contributed by atoms with van der Waals surface area (Å²) in [7, 11) is 0. The maximum absolute atomic E-state index is 12.2. The first kappa shape index (κ1) is 21.4. The Hall–Kier alpha value is -2.32. The van der Waals surface area contributed by atoms with E-state index in [1.807, 2.05) is 50.2 Å². The number of hydrogen-bond donors (Lipinski definition) is 1. The van der Waals surface area contributed by atoms with Crippen molar-refractivity contribution >= 4 is 39.3 Å². The highest BCUT2D eigenvalue weighted by molar-refractivity contribution is 9.10. The SMILES string of the molecule is CCc1ccc(OCc2nnc(SCC(=O)Nc3ccc(Br)c(C)c3C)o2)cc1. The Balaban J connectivity index is 1.48. The highest BCUT2D eigenvalue weighted by Crippen LogP contribution is 2.26. The third-order valence-corrected chi connectivity index (χ3v) is 6.14. The van der Waals surface area contributed by atoms with Crippen molar-refractivity contribution in [3.05, 3.63) is 63.5 Å². The molecule has 0 radical (unpaired) electrons. The van der Waals surface area contributed by atoms with Crippen LogP contribution in [-0.2, 0) is 17.8 Å². The zero-order valence-corrected chi connectivity index (χ0v) is 18.9. The Morgan fingerprint density at radius 1 is 1.14 bits per heavy atom. The summed E-state index contributed by atoms with van der Waals surface area (Å²) in [6.07, 6.45) is 0.985. The van der Waals surface area contributed by atoms with E-state index in [0.717, 1.165) is 33.5 Å². The summed E-state index contributed by atoms with van der Waals surface area (Å²) in [5.74, 6) is 1.16. The highest BCUT2D eigenvalue weighted by Gasteiger charge is 2.12. The van der Waals surface area contributed by atoms with Crippen LogP contribution in [0.25, 0.3) is 0 Å². The Bertz CT molecular complexity index is 989. The summed E-state index contributed by atoms with van der Waals surface area (Å²) in [4.78, 5) is 12.2. The average Bonchev–Trinajstić information content (AvgIpc) is 3.19. The number of carbonyl (C=O) groups excluding carboxylic acids is 1. The van der Waals surface area contributed by atoms with E-state index in [2.05, 4.69) is 38.4 Å². The number of carbonyl (C=O) groups is 1. The second kappa shape index (κ2) is 9.93. The van der Waals surface area contributed by atoms with E-state index in [4.69, 9.17) is 9.15 Å². The molecule has 152 valence electrons. The predicted molar refractivity (Wildman–Crippen MR) is 117 cm³/mol. The van der Waals surface area contributed by atoms with Crippen LogP contribution < -0.4 is 10.1 Å². The van der Waals surface area contributed by atoms with Crippen LogP contribution >= 0.6 is 27.7 Å². The summed E-state index contributed by atoms with van der Waals surface area (Å²) >= 11 is 4.68. The molecule has 0 spiro atoms. The van der Waals surface area contributed by atoms with Crippen LogP contribution in [0.4, 0.5) is 5.69 Å². The molecule has 0 fully saturated rings. The van der Waals surface area contributed by atoms with E-state index < -0.39 is 0 Å². The van der Waals surface area contributed by atoms with Crippen LogP contribution in [0.15, 0.2) is 50.5 Å². The van der Waals surface area contributed by atoms with Crippen molar-refractivity contribution in [3.63, 3.8) is 0 Å². The van der Waals surface area contributed by atoms with E-state index in [-0.39, 0.29) is 18.3 Å². The molecule has 1 aromatic heterocycles. The zero-order chi connectivity index (χ0) is 20.8. The molecule has 2 aromatic carbocycles. The van der Waals surface area contributed by atoms with Crippen molar-refractivity contribution in [1.82, 2.24) is 10.2 Å². The summed E-state index contributed by atoms with van der Waals surface area (Å²) in [5.41, 5.74) is 4.17. The van der Waals surface area contributed by atoms with E-state index in [1.165, 1.54) is 17.3 Å². The van der Waals surface area contributed by atoms with Gasteiger partial charge in [0, 0.05) is 10.2 Å². The molecule has 29 heavy (non-hydrogen) atoms. The first-order chi connectivity index (χ1) is 14.0. The summed E-state index contributed by atoms with van der Waals surface area (Å²) in [6.45, 7) is 6.27. The number of nitrogens with zero attached hydrogens (tertiary/aromatic N) is 2. The molecule has 1 N–H and O–H groups in total. The van der Waals surface area contributed by atoms with Crippen molar-refractivity contribution in [2.24, 2.45) is 0 Å². The Kier molecular flexibility index (Phi) is 7.33. The summed E-state index contributed by atoms with van der Waals surface area (Å²) in [5, 5.41) is 11.2. The lowest BCUT2D eigenvalue weighted by Gasteiger charge is -2.11.